The molecule has 0 amide bonds. The lowest BCUT2D eigenvalue weighted by atomic mass is 10.2. The topological polar surface area (TPSA) is 56.7 Å². The van der Waals surface area contributed by atoms with Gasteiger partial charge in [0, 0.05) is 4.47 Å². The molecule has 1 heterocycles. The summed E-state index contributed by atoms with van der Waals surface area (Å²) in [5, 5.41) is 8.00. The molecule has 0 aliphatic heterocycles. The van der Waals surface area contributed by atoms with Gasteiger partial charge in [-0.1, -0.05) is 30.7 Å². The normalized spacial score (nSPS) is 10.6. The fourth-order valence-electron chi connectivity index (χ4n) is 1.60. The van der Waals surface area contributed by atoms with E-state index in [0.717, 1.165) is 28.7 Å². The number of nitrogens with zero attached hydrogens (tertiary/aromatic N) is 3. The molecular formula is C11H13BrN4. The molecule has 0 radical (unpaired) electrons. The minimum absolute atomic E-state index is 0.512. The van der Waals surface area contributed by atoms with E-state index in [4.69, 9.17) is 5.73 Å². The third-order valence-electron chi connectivity index (χ3n) is 2.36. The van der Waals surface area contributed by atoms with Gasteiger partial charge in [0.2, 0.25) is 0 Å². The largest absolute Gasteiger partial charge is 0.381 e. The van der Waals surface area contributed by atoms with Crippen LogP contribution in [0.15, 0.2) is 28.7 Å². The summed E-state index contributed by atoms with van der Waals surface area (Å²) in [6.07, 6.45) is 1.89. The van der Waals surface area contributed by atoms with Crippen molar-refractivity contribution in [3.8, 4) is 5.69 Å². The summed E-state index contributed by atoms with van der Waals surface area (Å²) in [6.45, 7) is 2.11. The molecule has 0 unspecified atom stereocenters. The summed E-state index contributed by atoms with van der Waals surface area (Å²) in [7, 11) is 0. The first-order valence-electron chi connectivity index (χ1n) is 5.19. The van der Waals surface area contributed by atoms with Crippen LogP contribution >= 0.6 is 15.9 Å². The van der Waals surface area contributed by atoms with Crippen molar-refractivity contribution in [1.29, 1.82) is 0 Å². The Bertz CT molecular complexity index is 492. The smallest absolute Gasteiger partial charge is 0.169 e. The molecule has 1 aromatic heterocycles. The van der Waals surface area contributed by atoms with Gasteiger partial charge >= 0.3 is 0 Å². The first-order chi connectivity index (χ1) is 7.74. The average Bonchev–Trinajstić information content (AvgIpc) is 2.62. The fraction of sp³-hybridized carbons (Fsp3) is 0.273. The zero-order valence-electron chi connectivity index (χ0n) is 9.02. The highest BCUT2D eigenvalue weighted by Gasteiger charge is 2.12. The maximum atomic E-state index is 5.81. The first kappa shape index (κ1) is 11.1. The highest BCUT2D eigenvalue weighted by atomic mass is 79.9. The molecule has 0 aliphatic rings. The Balaban J connectivity index is 2.52. The van der Waals surface area contributed by atoms with Crippen LogP contribution in [0.5, 0.6) is 0 Å². The van der Waals surface area contributed by atoms with E-state index < -0.39 is 0 Å². The van der Waals surface area contributed by atoms with Crippen molar-refractivity contribution < 1.29 is 0 Å². The summed E-state index contributed by atoms with van der Waals surface area (Å²) >= 11 is 3.50. The van der Waals surface area contributed by atoms with Crippen LogP contribution in [0.25, 0.3) is 5.69 Å². The van der Waals surface area contributed by atoms with Crippen LogP contribution in [0.4, 0.5) is 5.82 Å². The van der Waals surface area contributed by atoms with Crippen molar-refractivity contribution >= 4 is 21.7 Å². The van der Waals surface area contributed by atoms with E-state index in [0.29, 0.717) is 5.82 Å². The maximum Gasteiger partial charge on any atom is 0.169 e. The summed E-state index contributed by atoms with van der Waals surface area (Å²) in [5.74, 6) is 0.512. The predicted molar refractivity (Wildman–Crippen MR) is 67.5 cm³/mol. The van der Waals surface area contributed by atoms with Crippen molar-refractivity contribution in [3.63, 3.8) is 0 Å². The SMILES string of the molecule is CCCc1c(N)nnn1-c1ccccc1Br. The van der Waals surface area contributed by atoms with Gasteiger partial charge in [0.25, 0.3) is 0 Å². The molecule has 16 heavy (non-hydrogen) atoms. The van der Waals surface area contributed by atoms with Gasteiger partial charge in [-0.2, -0.15) is 0 Å². The second-order valence-corrected chi connectivity index (χ2v) is 4.39. The van der Waals surface area contributed by atoms with Crippen molar-refractivity contribution in [1.82, 2.24) is 15.0 Å². The highest BCUT2D eigenvalue weighted by molar-refractivity contribution is 9.10. The monoisotopic (exact) mass is 280 g/mol. The zero-order valence-corrected chi connectivity index (χ0v) is 10.6. The summed E-state index contributed by atoms with van der Waals surface area (Å²) in [6, 6.07) is 7.89. The summed E-state index contributed by atoms with van der Waals surface area (Å²) in [4.78, 5) is 0. The second-order valence-electron chi connectivity index (χ2n) is 3.53. The maximum absolute atomic E-state index is 5.81. The van der Waals surface area contributed by atoms with Crippen LogP contribution < -0.4 is 5.73 Å². The van der Waals surface area contributed by atoms with Gasteiger partial charge in [-0.15, -0.1) is 5.10 Å². The Morgan fingerprint density at radius 3 is 2.81 bits per heavy atom. The molecule has 1 aromatic carbocycles. The quantitative estimate of drug-likeness (QED) is 0.940. The molecule has 2 rings (SSSR count). The molecule has 2 aromatic rings. The number of benzene rings is 1. The molecule has 0 fully saturated rings. The Kier molecular flexibility index (Phi) is 3.24. The molecule has 0 spiro atoms. The average molecular weight is 281 g/mol. The van der Waals surface area contributed by atoms with Crippen molar-refractivity contribution in [2.24, 2.45) is 0 Å². The minimum Gasteiger partial charge on any atom is -0.381 e. The van der Waals surface area contributed by atoms with Crippen molar-refractivity contribution in [3.05, 3.63) is 34.4 Å². The Hall–Kier alpha value is -1.36. The highest BCUT2D eigenvalue weighted by Crippen LogP contribution is 2.23. The van der Waals surface area contributed by atoms with Gasteiger partial charge in [0.1, 0.15) is 0 Å². The number of hydrogen-bond donors (Lipinski definition) is 1. The third-order valence-corrected chi connectivity index (χ3v) is 3.03. The number of aromatic nitrogens is 3. The lowest BCUT2D eigenvalue weighted by molar-refractivity contribution is 0.743. The van der Waals surface area contributed by atoms with Gasteiger partial charge < -0.3 is 5.73 Å². The van der Waals surface area contributed by atoms with Crippen LogP contribution in [-0.4, -0.2) is 15.0 Å². The molecule has 0 bridgehead atoms. The van der Waals surface area contributed by atoms with E-state index in [1.54, 1.807) is 4.68 Å². The molecule has 84 valence electrons. The van der Waals surface area contributed by atoms with E-state index in [2.05, 4.69) is 33.2 Å². The summed E-state index contributed by atoms with van der Waals surface area (Å²) < 4.78 is 2.78. The number of nitrogen functional groups attached to an aromatic ring is 1. The number of hydrogen-bond acceptors (Lipinski definition) is 3. The molecule has 2 N–H and O–H groups in total. The Labute approximate surface area is 103 Å². The number of anilines is 1. The molecule has 0 saturated heterocycles. The molecular weight excluding hydrogens is 268 g/mol. The molecule has 5 heteroatoms. The standard InChI is InChI=1S/C11H13BrN4/c1-2-5-10-11(13)14-15-16(10)9-7-4-3-6-8(9)12/h3-4,6-7H,2,5,13H2,1H3. The van der Waals surface area contributed by atoms with Crippen molar-refractivity contribution in [2.45, 2.75) is 19.8 Å². The Morgan fingerprint density at radius 1 is 1.38 bits per heavy atom. The predicted octanol–water partition coefficient (Wildman–Crippen LogP) is 2.56. The summed E-state index contributed by atoms with van der Waals surface area (Å²) in [5.41, 5.74) is 7.74. The minimum atomic E-state index is 0.512. The van der Waals surface area contributed by atoms with E-state index >= 15 is 0 Å². The molecule has 0 aliphatic carbocycles. The number of para-hydroxylation sites is 1. The van der Waals surface area contributed by atoms with Gasteiger partial charge in [-0.3, -0.25) is 0 Å². The van der Waals surface area contributed by atoms with Crippen LogP contribution in [-0.2, 0) is 6.42 Å². The van der Waals surface area contributed by atoms with Gasteiger partial charge in [0.15, 0.2) is 5.82 Å². The first-order valence-corrected chi connectivity index (χ1v) is 5.98. The molecule has 4 nitrogen and oxygen atoms in total. The fourth-order valence-corrected chi connectivity index (χ4v) is 2.05. The third kappa shape index (κ3) is 1.95. The number of nitrogens with two attached hydrogens (primary N) is 1. The zero-order chi connectivity index (χ0) is 11.5. The molecule has 0 saturated carbocycles. The van der Waals surface area contributed by atoms with E-state index in [1.807, 2.05) is 24.3 Å². The lowest BCUT2D eigenvalue weighted by Crippen LogP contribution is -2.04. The van der Waals surface area contributed by atoms with E-state index in [-0.39, 0.29) is 0 Å². The van der Waals surface area contributed by atoms with Crippen LogP contribution in [0.2, 0.25) is 0 Å². The van der Waals surface area contributed by atoms with Crippen LogP contribution in [0.3, 0.4) is 0 Å². The van der Waals surface area contributed by atoms with E-state index in [1.165, 1.54) is 0 Å². The van der Waals surface area contributed by atoms with Crippen molar-refractivity contribution in [2.75, 3.05) is 5.73 Å². The van der Waals surface area contributed by atoms with Crippen LogP contribution in [0.1, 0.15) is 19.0 Å². The lowest BCUT2D eigenvalue weighted by Gasteiger charge is -2.07. The van der Waals surface area contributed by atoms with E-state index in [9.17, 15) is 0 Å². The number of rotatable bonds is 3. The van der Waals surface area contributed by atoms with Gasteiger partial charge in [-0.25, -0.2) is 4.68 Å². The Morgan fingerprint density at radius 2 is 2.12 bits per heavy atom. The van der Waals surface area contributed by atoms with Gasteiger partial charge in [-0.05, 0) is 34.5 Å². The van der Waals surface area contributed by atoms with Gasteiger partial charge in [0.05, 0.1) is 11.4 Å². The number of halogens is 1. The second kappa shape index (κ2) is 4.65. The molecule has 0 atom stereocenters. The van der Waals surface area contributed by atoms with Crippen LogP contribution in [0, 0.1) is 0 Å².